The molecular weight excluding hydrogens is 270 g/mol. The van der Waals surface area contributed by atoms with Gasteiger partial charge in [0.2, 0.25) is 9.84 Å². The molecule has 0 aliphatic carbocycles. The Bertz CT molecular complexity index is 589. The fourth-order valence-electron chi connectivity index (χ4n) is 1.07. The highest BCUT2D eigenvalue weighted by Crippen LogP contribution is 2.19. The molecule has 3 N–H and O–H groups in total. The summed E-state index contributed by atoms with van der Waals surface area (Å²) in [7, 11) is -8.83. The lowest BCUT2D eigenvalue weighted by molar-refractivity contribution is 0.251. The van der Waals surface area contributed by atoms with E-state index >= 15 is 0 Å². The summed E-state index contributed by atoms with van der Waals surface area (Å²) in [6.07, 6.45) is 0. The number of nitrogens with two attached hydrogens (primary N) is 1. The Hall–Kier alpha value is -1.16. The van der Waals surface area contributed by atoms with E-state index in [4.69, 9.17) is 10.3 Å². The summed E-state index contributed by atoms with van der Waals surface area (Å²) in [5, 5.41) is 0. The predicted octanol–water partition coefficient (Wildman–Crippen LogP) is 0.208. The van der Waals surface area contributed by atoms with Crippen LogP contribution >= 0.6 is 0 Å². The van der Waals surface area contributed by atoms with Crippen LogP contribution in [-0.2, 0) is 24.4 Å². The van der Waals surface area contributed by atoms with Gasteiger partial charge in [-0.15, -0.1) is 0 Å². The number of hydrogen-bond donors (Lipinski definition) is 2. The lowest BCUT2D eigenvalue weighted by Gasteiger charge is -2.11. The van der Waals surface area contributed by atoms with Crippen molar-refractivity contribution >= 4 is 25.9 Å². The largest absolute Gasteiger partial charge is 0.399 e. The second kappa shape index (κ2) is 4.61. The van der Waals surface area contributed by atoms with Gasteiger partial charge in [0.15, 0.2) is 5.44 Å². The Kier molecular flexibility index (Phi) is 3.77. The number of benzene rings is 1. The summed E-state index contributed by atoms with van der Waals surface area (Å²) in [6.45, 7) is 0.999. The van der Waals surface area contributed by atoms with Crippen molar-refractivity contribution in [1.29, 1.82) is 0 Å². The molecule has 96 valence electrons. The summed E-state index contributed by atoms with van der Waals surface area (Å²) in [4.78, 5) is -0.150. The van der Waals surface area contributed by atoms with Gasteiger partial charge in [-0.05, 0) is 31.2 Å². The van der Waals surface area contributed by atoms with E-state index in [1.165, 1.54) is 24.3 Å². The maximum absolute atomic E-state index is 11.8. The van der Waals surface area contributed by atoms with E-state index in [-0.39, 0.29) is 4.90 Å². The van der Waals surface area contributed by atoms with E-state index in [1.54, 1.807) is 0 Å². The summed E-state index contributed by atoms with van der Waals surface area (Å²) in [6, 6.07) is 5.14. The number of sulfone groups is 1. The number of nitrogen functional groups attached to an aromatic ring is 1. The van der Waals surface area contributed by atoms with Crippen LogP contribution in [0.2, 0.25) is 0 Å². The van der Waals surface area contributed by atoms with Gasteiger partial charge in [0.1, 0.15) is 0 Å². The minimum Gasteiger partial charge on any atom is -0.399 e. The van der Waals surface area contributed by atoms with Crippen LogP contribution in [0.3, 0.4) is 0 Å². The molecule has 1 rings (SSSR count). The SMILES string of the molecule is CC(OS(=O)(=O)O)S(=O)(=O)c1ccc(N)cc1. The zero-order valence-electron chi connectivity index (χ0n) is 8.77. The third kappa shape index (κ3) is 3.66. The van der Waals surface area contributed by atoms with E-state index in [9.17, 15) is 16.8 Å². The van der Waals surface area contributed by atoms with Gasteiger partial charge < -0.3 is 5.73 Å². The van der Waals surface area contributed by atoms with Crippen LogP contribution < -0.4 is 5.73 Å². The van der Waals surface area contributed by atoms with Crippen molar-refractivity contribution in [2.75, 3.05) is 5.73 Å². The number of hydrogen-bond acceptors (Lipinski definition) is 6. The van der Waals surface area contributed by atoms with Crippen molar-refractivity contribution in [3.05, 3.63) is 24.3 Å². The smallest absolute Gasteiger partial charge is 0.398 e. The van der Waals surface area contributed by atoms with Crippen molar-refractivity contribution in [2.24, 2.45) is 0 Å². The molecule has 1 aromatic rings. The summed E-state index contributed by atoms with van der Waals surface area (Å²) in [5.41, 5.74) is 4.03. The second-order valence-corrected chi connectivity index (χ2v) is 6.48. The maximum atomic E-state index is 11.8. The number of anilines is 1. The van der Waals surface area contributed by atoms with Gasteiger partial charge in [-0.3, -0.25) is 4.55 Å². The van der Waals surface area contributed by atoms with Gasteiger partial charge >= 0.3 is 10.4 Å². The van der Waals surface area contributed by atoms with Crippen LogP contribution in [-0.4, -0.2) is 26.8 Å². The molecule has 0 fully saturated rings. The Morgan fingerprint density at radius 1 is 1.18 bits per heavy atom. The molecule has 9 heteroatoms. The van der Waals surface area contributed by atoms with Crippen molar-refractivity contribution in [3.8, 4) is 0 Å². The normalized spacial score (nSPS) is 14.5. The molecular formula is C8H11NO6S2. The zero-order valence-corrected chi connectivity index (χ0v) is 10.4. The highest BCUT2D eigenvalue weighted by Gasteiger charge is 2.28. The van der Waals surface area contributed by atoms with E-state index < -0.39 is 25.7 Å². The third-order valence-electron chi connectivity index (χ3n) is 1.90. The minimum absolute atomic E-state index is 0.150. The topological polar surface area (TPSA) is 124 Å². The lowest BCUT2D eigenvalue weighted by Crippen LogP contribution is -2.24. The predicted molar refractivity (Wildman–Crippen MR) is 60.1 cm³/mol. The molecule has 0 radical (unpaired) electrons. The summed E-state index contributed by atoms with van der Waals surface area (Å²) < 4.78 is 56.8. The monoisotopic (exact) mass is 281 g/mol. The van der Waals surface area contributed by atoms with Gasteiger partial charge in [-0.25, -0.2) is 12.6 Å². The molecule has 0 aliphatic heterocycles. The standard InChI is InChI=1S/C8H11NO6S2/c1-6(15-17(12,13)14)16(10,11)8-4-2-7(9)3-5-8/h2-6H,9H2,1H3,(H,12,13,14). The highest BCUT2D eigenvalue weighted by molar-refractivity contribution is 7.92. The Morgan fingerprint density at radius 3 is 2.06 bits per heavy atom. The van der Waals surface area contributed by atoms with Crippen LogP contribution in [0.5, 0.6) is 0 Å². The molecule has 0 saturated carbocycles. The molecule has 1 atom stereocenters. The Morgan fingerprint density at radius 2 is 1.65 bits per heavy atom. The number of rotatable bonds is 4. The summed E-state index contributed by atoms with van der Waals surface area (Å²) in [5.74, 6) is 0. The molecule has 0 saturated heterocycles. The molecule has 0 heterocycles. The van der Waals surface area contributed by atoms with Crippen molar-refractivity contribution in [1.82, 2.24) is 0 Å². The fraction of sp³-hybridized carbons (Fsp3) is 0.250. The fourth-order valence-corrected chi connectivity index (χ4v) is 3.02. The quantitative estimate of drug-likeness (QED) is 0.597. The maximum Gasteiger partial charge on any atom is 0.398 e. The van der Waals surface area contributed by atoms with E-state index in [2.05, 4.69) is 4.18 Å². The Balaban J connectivity index is 3.07. The van der Waals surface area contributed by atoms with E-state index in [0.29, 0.717) is 5.69 Å². The lowest BCUT2D eigenvalue weighted by atomic mass is 10.3. The van der Waals surface area contributed by atoms with Gasteiger partial charge in [-0.2, -0.15) is 8.42 Å². The van der Waals surface area contributed by atoms with Crippen LogP contribution in [0.25, 0.3) is 0 Å². The Labute approximate surface area is 99.1 Å². The third-order valence-corrected chi connectivity index (χ3v) is 4.46. The van der Waals surface area contributed by atoms with Gasteiger partial charge in [-0.1, -0.05) is 0 Å². The zero-order chi connectivity index (χ0) is 13.3. The van der Waals surface area contributed by atoms with Crippen LogP contribution in [0.15, 0.2) is 29.2 Å². The first-order valence-electron chi connectivity index (χ1n) is 4.38. The molecule has 7 nitrogen and oxygen atoms in total. The first-order valence-corrected chi connectivity index (χ1v) is 7.29. The minimum atomic E-state index is -4.83. The molecule has 0 bridgehead atoms. The molecule has 0 amide bonds. The molecule has 1 aromatic carbocycles. The average Bonchev–Trinajstić information content (AvgIpc) is 2.15. The summed E-state index contributed by atoms with van der Waals surface area (Å²) >= 11 is 0. The van der Waals surface area contributed by atoms with Gasteiger partial charge in [0.25, 0.3) is 0 Å². The van der Waals surface area contributed by atoms with E-state index in [1.807, 2.05) is 0 Å². The first-order chi connectivity index (χ1) is 7.63. The van der Waals surface area contributed by atoms with Crippen LogP contribution in [0, 0.1) is 0 Å². The van der Waals surface area contributed by atoms with E-state index in [0.717, 1.165) is 6.92 Å². The molecule has 0 aliphatic rings. The van der Waals surface area contributed by atoms with Crippen molar-refractivity contribution in [3.63, 3.8) is 0 Å². The van der Waals surface area contributed by atoms with Crippen LogP contribution in [0.4, 0.5) is 5.69 Å². The van der Waals surface area contributed by atoms with Gasteiger partial charge in [0, 0.05) is 5.69 Å². The van der Waals surface area contributed by atoms with Crippen LogP contribution in [0.1, 0.15) is 6.92 Å². The molecule has 0 spiro atoms. The van der Waals surface area contributed by atoms with Gasteiger partial charge in [0.05, 0.1) is 4.90 Å². The molecule has 1 unspecified atom stereocenters. The average molecular weight is 281 g/mol. The second-order valence-electron chi connectivity index (χ2n) is 3.21. The molecule has 0 aromatic heterocycles. The van der Waals surface area contributed by atoms with Crippen molar-refractivity contribution in [2.45, 2.75) is 17.3 Å². The molecule has 17 heavy (non-hydrogen) atoms. The van der Waals surface area contributed by atoms with Crippen molar-refractivity contribution < 1.29 is 25.6 Å². The first kappa shape index (κ1) is 13.9. The highest BCUT2D eigenvalue weighted by atomic mass is 32.3.